The number of hydrogen-bond donors (Lipinski definition) is 1. The van der Waals surface area contributed by atoms with Gasteiger partial charge >= 0.3 is 5.97 Å². The first kappa shape index (κ1) is 14.9. The third-order valence-electron chi connectivity index (χ3n) is 3.30. The lowest BCUT2D eigenvalue weighted by atomic mass is 9.98. The normalized spacial score (nSPS) is 17.0. The van der Waals surface area contributed by atoms with Gasteiger partial charge in [0.05, 0.1) is 12.3 Å². The number of hydrogen-bond acceptors (Lipinski definition) is 5. The maximum absolute atomic E-state index is 11.7. The van der Waals surface area contributed by atoms with Crippen molar-refractivity contribution in [3.63, 3.8) is 0 Å². The number of rotatable bonds is 6. The van der Waals surface area contributed by atoms with Crippen molar-refractivity contribution in [3.05, 3.63) is 30.2 Å². The predicted molar refractivity (Wildman–Crippen MR) is 73.6 cm³/mol. The predicted octanol–water partition coefficient (Wildman–Crippen LogP) is 1.64. The Morgan fingerprint density at radius 3 is 2.95 bits per heavy atom. The van der Waals surface area contributed by atoms with Crippen molar-refractivity contribution in [2.75, 3.05) is 6.61 Å². The largest absolute Gasteiger partial charge is 0.465 e. The van der Waals surface area contributed by atoms with Crippen molar-refractivity contribution in [1.29, 1.82) is 5.26 Å². The molecule has 0 spiro atoms. The summed E-state index contributed by atoms with van der Waals surface area (Å²) in [5, 5.41) is 11.7. The molecule has 1 aromatic heterocycles. The molecule has 1 amide bonds. The molecule has 1 fully saturated rings. The molecule has 1 N–H and O–H groups in total. The van der Waals surface area contributed by atoms with Gasteiger partial charge in [-0.3, -0.25) is 4.79 Å². The van der Waals surface area contributed by atoms with Crippen molar-refractivity contribution < 1.29 is 18.7 Å². The van der Waals surface area contributed by atoms with Gasteiger partial charge in [-0.15, -0.1) is 0 Å². The summed E-state index contributed by atoms with van der Waals surface area (Å²) in [6, 6.07) is 5.48. The smallest absolute Gasteiger partial charge is 0.331 e. The number of ether oxygens (including phenoxy) is 1. The van der Waals surface area contributed by atoms with E-state index >= 15 is 0 Å². The number of esters is 1. The molecule has 0 unspecified atom stereocenters. The van der Waals surface area contributed by atoms with Crippen LogP contribution in [0.5, 0.6) is 0 Å². The number of nitriles is 1. The second-order valence-electron chi connectivity index (χ2n) is 5.09. The van der Waals surface area contributed by atoms with Gasteiger partial charge in [-0.2, -0.15) is 5.26 Å². The van der Waals surface area contributed by atoms with Gasteiger partial charge in [0, 0.05) is 6.08 Å². The van der Waals surface area contributed by atoms with Crippen LogP contribution in [-0.2, 0) is 14.3 Å². The monoisotopic (exact) mass is 288 g/mol. The molecule has 0 radical (unpaired) electrons. The molecule has 6 heteroatoms. The molecule has 0 aliphatic heterocycles. The minimum absolute atomic E-state index is 0.181. The highest BCUT2D eigenvalue weighted by molar-refractivity contribution is 5.89. The Morgan fingerprint density at radius 2 is 2.38 bits per heavy atom. The van der Waals surface area contributed by atoms with E-state index in [1.54, 1.807) is 19.1 Å². The molecular weight excluding hydrogens is 272 g/mol. The van der Waals surface area contributed by atoms with Crippen molar-refractivity contribution in [2.45, 2.75) is 25.3 Å². The third-order valence-corrected chi connectivity index (χ3v) is 3.30. The SMILES string of the molecule is C[C@@](C#N)(NC(=O)COC(=O)/C=C/c1ccco1)C1CC1. The van der Waals surface area contributed by atoms with E-state index in [1.165, 1.54) is 18.4 Å². The summed E-state index contributed by atoms with van der Waals surface area (Å²) < 4.78 is 9.82. The number of amides is 1. The molecule has 1 aliphatic rings. The first-order valence-corrected chi connectivity index (χ1v) is 6.64. The third kappa shape index (κ3) is 4.21. The Kier molecular flexibility index (Phi) is 4.43. The molecule has 2 rings (SSSR count). The number of nitrogens with zero attached hydrogens (tertiary/aromatic N) is 1. The van der Waals surface area contributed by atoms with Crippen LogP contribution in [-0.4, -0.2) is 24.0 Å². The summed E-state index contributed by atoms with van der Waals surface area (Å²) in [7, 11) is 0. The minimum atomic E-state index is -0.881. The number of nitrogens with one attached hydrogen (secondary N) is 1. The lowest BCUT2D eigenvalue weighted by Crippen LogP contribution is -2.48. The Labute approximate surface area is 122 Å². The molecule has 110 valence electrons. The van der Waals surface area contributed by atoms with Crippen LogP contribution in [0.25, 0.3) is 6.08 Å². The van der Waals surface area contributed by atoms with Crippen LogP contribution < -0.4 is 5.32 Å². The Hall–Kier alpha value is -2.55. The van der Waals surface area contributed by atoms with Gasteiger partial charge in [0.1, 0.15) is 11.3 Å². The molecule has 1 heterocycles. The van der Waals surface area contributed by atoms with Crippen molar-refractivity contribution in [2.24, 2.45) is 5.92 Å². The van der Waals surface area contributed by atoms with Crippen LogP contribution in [0.4, 0.5) is 0 Å². The molecular formula is C15H16N2O4. The second-order valence-corrected chi connectivity index (χ2v) is 5.09. The van der Waals surface area contributed by atoms with Gasteiger partial charge in [0.2, 0.25) is 0 Å². The zero-order valence-electron chi connectivity index (χ0n) is 11.7. The van der Waals surface area contributed by atoms with E-state index in [4.69, 9.17) is 14.4 Å². The molecule has 0 aromatic carbocycles. The maximum Gasteiger partial charge on any atom is 0.331 e. The first-order valence-electron chi connectivity index (χ1n) is 6.64. The van der Waals surface area contributed by atoms with Crippen molar-refractivity contribution >= 4 is 18.0 Å². The second kappa shape index (κ2) is 6.27. The maximum atomic E-state index is 11.7. The summed E-state index contributed by atoms with van der Waals surface area (Å²) in [4.78, 5) is 23.1. The van der Waals surface area contributed by atoms with Crippen LogP contribution in [0.15, 0.2) is 28.9 Å². The van der Waals surface area contributed by atoms with E-state index in [1.807, 2.05) is 0 Å². The Bertz CT molecular complexity index is 581. The number of carbonyl (C=O) groups excluding carboxylic acids is 2. The zero-order valence-corrected chi connectivity index (χ0v) is 11.7. The first-order chi connectivity index (χ1) is 10.0. The number of furan rings is 1. The summed E-state index contributed by atoms with van der Waals surface area (Å²) in [6.45, 7) is 1.27. The highest BCUT2D eigenvalue weighted by atomic mass is 16.5. The van der Waals surface area contributed by atoms with E-state index in [0.29, 0.717) is 5.76 Å². The van der Waals surface area contributed by atoms with Gasteiger partial charge in [-0.1, -0.05) is 0 Å². The average molecular weight is 288 g/mol. The van der Waals surface area contributed by atoms with Gasteiger partial charge in [0.15, 0.2) is 6.61 Å². The molecule has 21 heavy (non-hydrogen) atoms. The van der Waals surface area contributed by atoms with Gasteiger partial charge in [0.25, 0.3) is 5.91 Å². The molecule has 1 aromatic rings. The quantitative estimate of drug-likeness (QED) is 0.634. The van der Waals surface area contributed by atoms with E-state index < -0.39 is 24.0 Å². The fourth-order valence-electron chi connectivity index (χ4n) is 1.93. The summed E-state index contributed by atoms with van der Waals surface area (Å²) in [5.41, 5.74) is -0.881. The van der Waals surface area contributed by atoms with Crippen molar-refractivity contribution in [3.8, 4) is 6.07 Å². The molecule has 1 saturated carbocycles. The highest BCUT2D eigenvalue weighted by Crippen LogP contribution is 2.39. The Morgan fingerprint density at radius 1 is 1.62 bits per heavy atom. The zero-order chi connectivity index (χ0) is 15.3. The van der Waals surface area contributed by atoms with Gasteiger partial charge in [-0.25, -0.2) is 4.79 Å². The van der Waals surface area contributed by atoms with Crippen LogP contribution in [0.2, 0.25) is 0 Å². The van der Waals surface area contributed by atoms with Gasteiger partial charge in [-0.05, 0) is 43.9 Å². The van der Waals surface area contributed by atoms with E-state index in [9.17, 15) is 9.59 Å². The fourth-order valence-corrected chi connectivity index (χ4v) is 1.93. The molecule has 6 nitrogen and oxygen atoms in total. The molecule has 1 aliphatic carbocycles. The van der Waals surface area contributed by atoms with Gasteiger partial charge < -0.3 is 14.5 Å². The van der Waals surface area contributed by atoms with Crippen LogP contribution in [0.1, 0.15) is 25.5 Å². The van der Waals surface area contributed by atoms with E-state index in [0.717, 1.165) is 12.8 Å². The summed E-state index contributed by atoms with van der Waals surface area (Å²) >= 11 is 0. The summed E-state index contributed by atoms with van der Waals surface area (Å²) in [6.07, 6.45) is 5.96. The fraction of sp³-hybridized carbons (Fsp3) is 0.400. The average Bonchev–Trinajstić information content (AvgIpc) is 3.21. The highest BCUT2D eigenvalue weighted by Gasteiger charge is 2.43. The molecule has 0 saturated heterocycles. The topological polar surface area (TPSA) is 92.3 Å². The van der Waals surface area contributed by atoms with Crippen molar-refractivity contribution in [1.82, 2.24) is 5.32 Å². The Balaban J connectivity index is 1.76. The van der Waals surface area contributed by atoms with Crippen LogP contribution in [0, 0.1) is 17.2 Å². The lowest BCUT2D eigenvalue weighted by molar-refractivity contribution is -0.144. The lowest BCUT2D eigenvalue weighted by Gasteiger charge is -2.22. The van der Waals surface area contributed by atoms with Crippen LogP contribution in [0.3, 0.4) is 0 Å². The number of carbonyl (C=O) groups is 2. The van der Waals surface area contributed by atoms with E-state index in [2.05, 4.69) is 11.4 Å². The standard InChI is InChI=1S/C15H16N2O4/c1-15(10-16,11-4-5-11)17-13(18)9-21-14(19)7-6-12-3-2-8-20-12/h2-3,6-8,11H,4-5,9H2,1H3,(H,17,18)/b7-6+/t15-/m0/s1. The minimum Gasteiger partial charge on any atom is -0.465 e. The summed E-state index contributed by atoms with van der Waals surface area (Å²) in [5.74, 6) is -0.430. The van der Waals surface area contributed by atoms with Crippen LogP contribution >= 0.6 is 0 Å². The molecule has 1 atom stereocenters. The molecule has 0 bridgehead atoms. The van der Waals surface area contributed by atoms with E-state index in [-0.39, 0.29) is 5.92 Å².